The molecular weight excluding hydrogens is 246 g/mol. The first-order chi connectivity index (χ1) is 9.24. The van der Waals surface area contributed by atoms with Crippen LogP contribution in [-0.4, -0.2) is 36.0 Å². The Hall–Kier alpha value is -2.34. The molecule has 0 saturated heterocycles. The van der Waals surface area contributed by atoms with Crippen LogP contribution in [-0.2, 0) is 6.61 Å². The Morgan fingerprint density at radius 3 is 3.05 bits per heavy atom. The van der Waals surface area contributed by atoms with Gasteiger partial charge in [-0.1, -0.05) is 6.07 Å². The van der Waals surface area contributed by atoms with Crippen LogP contribution in [0.1, 0.15) is 5.56 Å². The predicted octanol–water partition coefficient (Wildman–Crippen LogP) is 1.58. The third-order valence-corrected chi connectivity index (χ3v) is 2.64. The monoisotopic (exact) mass is 261 g/mol. The highest BCUT2D eigenvalue weighted by atomic mass is 16.5. The number of methoxy groups -OCH3 is 1. The summed E-state index contributed by atoms with van der Waals surface area (Å²) in [6.07, 6.45) is 4.98. The lowest BCUT2D eigenvalue weighted by Gasteiger charge is -2.19. The number of nitrogens with zero attached hydrogens (tertiary/aromatic N) is 2. The molecule has 2 amide bonds. The molecule has 2 N–H and O–H groups in total. The Balaban J connectivity index is 2.12. The van der Waals surface area contributed by atoms with Gasteiger partial charge in [0.2, 0.25) is 0 Å². The Morgan fingerprint density at radius 1 is 1.58 bits per heavy atom. The number of carbonyl (C=O) groups is 1. The minimum atomic E-state index is -0.289. The maximum atomic E-state index is 12.0. The van der Waals surface area contributed by atoms with Crippen LogP contribution in [0.25, 0.3) is 0 Å². The van der Waals surface area contributed by atoms with Crippen molar-refractivity contribution >= 4 is 17.9 Å². The van der Waals surface area contributed by atoms with Gasteiger partial charge in [-0.15, -0.1) is 0 Å². The summed E-state index contributed by atoms with van der Waals surface area (Å²) in [6, 6.07) is 4.81. The van der Waals surface area contributed by atoms with Gasteiger partial charge in [-0.3, -0.25) is 9.89 Å². The molecule has 0 aliphatic carbocycles. The number of amides is 2. The number of hydrogen-bond acceptors (Lipinski definition) is 4. The van der Waals surface area contributed by atoms with Crippen molar-refractivity contribution in [2.24, 2.45) is 4.99 Å². The Morgan fingerprint density at radius 2 is 2.42 bits per heavy atom. The highest BCUT2D eigenvalue weighted by Crippen LogP contribution is 2.26. The number of aliphatic hydroxyl groups excluding tert-OH is 1. The van der Waals surface area contributed by atoms with Crippen molar-refractivity contribution < 1.29 is 14.6 Å². The third kappa shape index (κ3) is 3.11. The number of anilines is 1. The van der Waals surface area contributed by atoms with E-state index in [1.807, 2.05) is 0 Å². The number of allylic oxidation sites excluding steroid dienone is 1. The Bertz CT molecular complexity index is 526. The van der Waals surface area contributed by atoms with Gasteiger partial charge in [0.15, 0.2) is 0 Å². The van der Waals surface area contributed by atoms with Crippen molar-refractivity contribution in [3.8, 4) is 5.75 Å². The lowest BCUT2D eigenvalue weighted by atomic mass is 10.2. The maximum Gasteiger partial charge on any atom is 0.327 e. The molecule has 100 valence electrons. The second-order valence-electron chi connectivity index (χ2n) is 3.91. The fourth-order valence-corrected chi connectivity index (χ4v) is 1.64. The number of hydrogen-bond donors (Lipinski definition) is 2. The zero-order valence-corrected chi connectivity index (χ0v) is 10.5. The summed E-state index contributed by atoms with van der Waals surface area (Å²) in [7, 11) is 1.51. The minimum absolute atomic E-state index is 0.0752. The van der Waals surface area contributed by atoms with E-state index in [1.165, 1.54) is 12.0 Å². The standard InChI is InChI=1S/C13H15N3O3/c1-19-12-7-10(8-17)3-4-11(12)15-13(18)16-6-2-5-14-9-16/h2-7,17H,8-9H2,1H3,(H,15,18). The molecule has 0 unspecified atom stereocenters. The molecule has 2 rings (SSSR count). The molecule has 0 bridgehead atoms. The Labute approximate surface area is 111 Å². The van der Waals surface area contributed by atoms with E-state index in [0.29, 0.717) is 18.1 Å². The van der Waals surface area contributed by atoms with Crippen LogP contribution in [0.3, 0.4) is 0 Å². The summed E-state index contributed by atoms with van der Waals surface area (Å²) in [5.74, 6) is 0.504. The van der Waals surface area contributed by atoms with Crippen LogP contribution >= 0.6 is 0 Å². The van der Waals surface area contributed by atoms with Crippen LogP contribution in [0.4, 0.5) is 10.5 Å². The van der Waals surface area contributed by atoms with Gasteiger partial charge in [0.05, 0.1) is 19.4 Å². The van der Waals surface area contributed by atoms with E-state index in [1.54, 1.807) is 36.7 Å². The number of rotatable bonds is 3. The number of carbonyl (C=O) groups excluding carboxylic acids is 1. The smallest absolute Gasteiger partial charge is 0.327 e. The second-order valence-corrected chi connectivity index (χ2v) is 3.91. The molecular formula is C13H15N3O3. The van der Waals surface area contributed by atoms with Gasteiger partial charge in [-0.2, -0.15) is 0 Å². The van der Waals surface area contributed by atoms with Crippen molar-refractivity contribution in [2.45, 2.75) is 6.61 Å². The van der Waals surface area contributed by atoms with Crippen molar-refractivity contribution in [1.29, 1.82) is 0 Å². The normalized spacial score (nSPS) is 13.5. The molecule has 1 aliphatic rings. The van der Waals surface area contributed by atoms with Gasteiger partial charge in [0.1, 0.15) is 12.4 Å². The van der Waals surface area contributed by atoms with Gasteiger partial charge in [0.25, 0.3) is 0 Å². The molecule has 6 heteroatoms. The first-order valence-electron chi connectivity index (χ1n) is 5.76. The number of urea groups is 1. The fourth-order valence-electron chi connectivity index (χ4n) is 1.64. The van der Waals surface area contributed by atoms with Gasteiger partial charge in [-0.05, 0) is 23.8 Å². The number of aliphatic imine (C=N–C) groups is 1. The summed E-state index contributed by atoms with van der Waals surface area (Å²) in [4.78, 5) is 17.4. The number of ether oxygens (including phenoxy) is 1. The van der Waals surface area contributed by atoms with Gasteiger partial charge in [-0.25, -0.2) is 4.79 Å². The van der Waals surface area contributed by atoms with Crippen LogP contribution in [0, 0.1) is 0 Å². The summed E-state index contributed by atoms with van der Waals surface area (Å²) < 4.78 is 5.18. The van der Waals surface area contributed by atoms with E-state index in [4.69, 9.17) is 9.84 Å². The lowest BCUT2D eigenvalue weighted by Crippen LogP contribution is -2.31. The molecule has 19 heavy (non-hydrogen) atoms. The first-order valence-corrected chi connectivity index (χ1v) is 5.76. The summed E-state index contributed by atoms with van der Waals surface area (Å²) in [6.45, 7) is 0.216. The zero-order valence-electron chi connectivity index (χ0n) is 10.5. The SMILES string of the molecule is COc1cc(CO)ccc1NC(=O)N1C=CC=NC1. The zero-order chi connectivity index (χ0) is 13.7. The van der Waals surface area contributed by atoms with Crippen molar-refractivity contribution in [3.63, 3.8) is 0 Å². The first kappa shape index (κ1) is 13.1. The molecule has 0 radical (unpaired) electrons. The molecule has 0 fully saturated rings. The van der Waals surface area contributed by atoms with Crippen LogP contribution < -0.4 is 10.1 Å². The topological polar surface area (TPSA) is 74.2 Å². The predicted molar refractivity (Wildman–Crippen MR) is 72.3 cm³/mol. The Kier molecular flexibility index (Phi) is 4.15. The van der Waals surface area contributed by atoms with E-state index in [2.05, 4.69) is 10.3 Å². The molecule has 0 atom stereocenters. The lowest BCUT2D eigenvalue weighted by molar-refractivity contribution is 0.229. The van der Waals surface area contributed by atoms with E-state index in [9.17, 15) is 4.79 Å². The molecule has 6 nitrogen and oxygen atoms in total. The largest absolute Gasteiger partial charge is 0.495 e. The number of benzene rings is 1. The molecule has 1 aliphatic heterocycles. The average Bonchev–Trinajstić information content (AvgIpc) is 2.48. The van der Waals surface area contributed by atoms with E-state index >= 15 is 0 Å². The second kappa shape index (κ2) is 6.01. The van der Waals surface area contributed by atoms with Gasteiger partial charge >= 0.3 is 6.03 Å². The van der Waals surface area contributed by atoms with Crippen LogP contribution in [0.5, 0.6) is 5.75 Å². The van der Waals surface area contributed by atoms with E-state index in [-0.39, 0.29) is 12.6 Å². The van der Waals surface area contributed by atoms with E-state index in [0.717, 1.165) is 5.56 Å². The summed E-state index contributed by atoms with van der Waals surface area (Å²) in [5, 5.41) is 11.8. The number of nitrogens with one attached hydrogen (secondary N) is 1. The molecule has 1 aromatic carbocycles. The average molecular weight is 261 g/mol. The molecule has 0 spiro atoms. The minimum Gasteiger partial charge on any atom is -0.495 e. The summed E-state index contributed by atoms with van der Waals surface area (Å²) in [5.41, 5.74) is 1.27. The maximum absolute atomic E-state index is 12.0. The van der Waals surface area contributed by atoms with Gasteiger partial charge < -0.3 is 15.2 Å². The van der Waals surface area contributed by atoms with E-state index < -0.39 is 0 Å². The van der Waals surface area contributed by atoms with Gasteiger partial charge in [0, 0.05) is 12.4 Å². The molecule has 0 aromatic heterocycles. The van der Waals surface area contributed by atoms with Crippen LogP contribution in [0.2, 0.25) is 0 Å². The highest BCUT2D eigenvalue weighted by Gasteiger charge is 2.14. The molecule has 1 heterocycles. The highest BCUT2D eigenvalue weighted by molar-refractivity contribution is 5.92. The molecule has 1 aromatic rings. The third-order valence-electron chi connectivity index (χ3n) is 2.64. The number of aliphatic hydroxyl groups is 1. The molecule has 0 saturated carbocycles. The van der Waals surface area contributed by atoms with Crippen molar-refractivity contribution in [2.75, 3.05) is 19.1 Å². The fraction of sp³-hybridized carbons (Fsp3) is 0.231. The quantitative estimate of drug-likeness (QED) is 0.867. The van der Waals surface area contributed by atoms with Crippen molar-refractivity contribution in [3.05, 3.63) is 36.0 Å². The van der Waals surface area contributed by atoms with Crippen molar-refractivity contribution in [1.82, 2.24) is 4.90 Å². The summed E-state index contributed by atoms with van der Waals surface area (Å²) >= 11 is 0. The van der Waals surface area contributed by atoms with Crippen LogP contribution in [0.15, 0.2) is 35.5 Å².